The Bertz CT molecular complexity index is 595. The maximum absolute atomic E-state index is 6.07. The summed E-state index contributed by atoms with van der Waals surface area (Å²) in [6, 6.07) is 8.30. The maximum atomic E-state index is 6.07. The second-order valence-electron chi connectivity index (χ2n) is 6.08. The molecule has 1 fully saturated rings. The molecule has 1 aliphatic carbocycles. The highest BCUT2D eigenvalue weighted by Gasteiger charge is 2.28. The van der Waals surface area contributed by atoms with Crippen LogP contribution in [0.15, 0.2) is 28.8 Å². The van der Waals surface area contributed by atoms with Gasteiger partial charge in [-0.3, -0.25) is 0 Å². The Morgan fingerprint density at radius 3 is 2.55 bits per heavy atom. The molecule has 1 aromatic carbocycles. The van der Waals surface area contributed by atoms with E-state index in [-0.39, 0.29) is 0 Å². The zero-order valence-corrected chi connectivity index (χ0v) is 12.2. The molecule has 3 rings (SSSR count). The lowest BCUT2D eigenvalue weighted by Crippen LogP contribution is -2.11. The van der Waals surface area contributed by atoms with Crippen LogP contribution in [-0.4, -0.2) is 5.16 Å². The Labute approximate surface area is 120 Å². The summed E-state index contributed by atoms with van der Waals surface area (Å²) in [6.45, 7) is 4.43. The minimum absolute atomic E-state index is 0.464. The molecule has 0 saturated heterocycles. The van der Waals surface area contributed by atoms with Crippen molar-refractivity contribution in [3.05, 3.63) is 35.6 Å². The standard InChI is InChI=1S/C17H22N2O/c1-11-7-9-13(10-8-11)16-15(17(18)19-20-16)14-6-4-3-5-12(14)2/h3-6,11,13H,7-10H2,1-2H3,(H2,18,19). The normalized spacial score (nSPS) is 22.9. The molecule has 3 heteroatoms. The third-order valence-electron chi connectivity index (χ3n) is 4.55. The number of benzene rings is 1. The molecule has 2 aromatic rings. The fourth-order valence-electron chi connectivity index (χ4n) is 3.24. The molecule has 0 radical (unpaired) electrons. The van der Waals surface area contributed by atoms with E-state index in [2.05, 4.69) is 31.1 Å². The van der Waals surface area contributed by atoms with Crippen LogP contribution in [0.3, 0.4) is 0 Å². The van der Waals surface area contributed by atoms with E-state index in [9.17, 15) is 0 Å². The molecule has 2 N–H and O–H groups in total. The molecule has 0 unspecified atom stereocenters. The quantitative estimate of drug-likeness (QED) is 0.872. The van der Waals surface area contributed by atoms with Gasteiger partial charge in [0.05, 0.1) is 5.56 Å². The van der Waals surface area contributed by atoms with Gasteiger partial charge in [-0.2, -0.15) is 0 Å². The lowest BCUT2D eigenvalue weighted by Gasteiger charge is -2.25. The lowest BCUT2D eigenvalue weighted by molar-refractivity contribution is 0.289. The van der Waals surface area contributed by atoms with Gasteiger partial charge in [-0.05, 0) is 36.8 Å². The van der Waals surface area contributed by atoms with Crippen LogP contribution in [0.4, 0.5) is 5.82 Å². The molecule has 0 spiro atoms. The minimum atomic E-state index is 0.464. The fraction of sp³-hybridized carbons (Fsp3) is 0.471. The van der Waals surface area contributed by atoms with Crippen molar-refractivity contribution in [1.82, 2.24) is 5.16 Å². The van der Waals surface area contributed by atoms with E-state index >= 15 is 0 Å². The highest BCUT2D eigenvalue weighted by molar-refractivity contribution is 5.78. The number of hydrogen-bond donors (Lipinski definition) is 1. The largest absolute Gasteiger partial charge is 0.380 e. The van der Waals surface area contributed by atoms with Gasteiger partial charge >= 0.3 is 0 Å². The summed E-state index contributed by atoms with van der Waals surface area (Å²) in [7, 11) is 0. The van der Waals surface area contributed by atoms with Crippen LogP contribution < -0.4 is 5.73 Å². The number of hydrogen-bond acceptors (Lipinski definition) is 3. The average molecular weight is 270 g/mol. The number of nitrogen functional groups attached to an aromatic ring is 1. The van der Waals surface area contributed by atoms with Gasteiger partial charge in [0.1, 0.15) is 5.76 Å². The summed E-state index contributed by atoms with van der Waals surface area (Å²) < 4.78 is 5.60. The third kappa shape index (κ3) is 2.33. The Hall–Kier alpha value is -1.77. The van der Waals surface area contributed by atoms with Crippen molar-refractivity contribution >= 4 is 5.82 Å². The van der Waals surface area contributed by atoms with Crippen molar-refractivity contribution in [3.63, 3.8) is 0 Å². The van der Waals surface area contributed by atoms with Gasteiger partial charge in [0.2, 0.25) is 0 Å². The Kier molecular flexibility index (Phi) is 3.51. The van der Waals surface area contributed by atoms with Crippen LogP contribution in [0.1, 0.15) is 49.8 Å². The van der Waals surface area contributed by atoms with E-state index in [1.807, 2.05) is 12.1 Å². The van der Waals surface area contributed by atoms with Crippen LogP contribution in [0.2, 0.25) is 0 Å². The lowest BCUT2D eigenvalue weighted by atomic mass is 9.80. The monoisotopic (exact) mass is 270 g/mol. The van der Waals surface area contributed by atoms with Gasteiger partial charge in [0, 0.05) is 5.92 Å². The number of anilines is 1. The van der Waals surface area contributed by atoms with E-state index in [1.165, 1.54) is 31.2 Å². The number of aromatic nitrogens is 1. The molecule has 1 saturated carbocycles. The van der Waals surface area contributed by atoms with Crippen molar-refractivity contribution in [1.29, 1.82) is 0 Å². The maximum Gasteiger partial charge on any atom is 0.175 e. The van der Waals surface area contributed by atoms with E-state index in [0.717, 1.165) is 22.8 Å². The van der Waals surface area contributed by atoms with Crippen LogP contribution in [-0.2, 0) is 0 Å². The molecule has 1 heterocycles. The zero-order chi connectivity index (χ0) is 14.1. The van der Waals surface area contributed by atoms with Crippen molar-refractivity contribution < 1.29 is 4.52 Å². The number of nitrogens with zero attached hydrogens (tertiary/aromatic N) is 1. The number of nitrogens with two attached hydrogens (primary N) is 1. The summed E-state index contributed by atoms with van der Waals surface area (Å²) >= 11 is 0. The predicted octanol–water partition coefficient (Wildman–Crippen LogP) is 4.53. The summed E-state index contributed by atoms with van der Waals surface area (Å²) in [5.41, 5.74) is 9.46. The molecule has 0 bridgehead atoms. The van der Waals surface area contributed by atoms with Gasteiger partial charge in [-0.25, -0.2) is 0 Å². The van der Waals surface area contributed by atoms with E-state index in [0.29, 0.717) is 11.7 Å². The minimum Gasteiger partial charge on any atom is -0.380 e. The molecule has 1 aliphatic rings. The fourth-order valence-corrected chi connectivity index (χ4v) is 3.24. The molecule has 0 atom stereocenters. The van der Waals surface area contributed by atoms with Crippen LogP contribution in [0, 0.1) is 12.8 Å². The number of rotatable bonds is 2. The Balaban J connectivity index is 2.00. The smallest absolute Gasteiger partial charge is 0.175 e. The van der Waals surface area contributed by atoms with Crippen LogP contribution in [0.5, 0.6) is 0 Å². The van der Waals surface area contributed by atoms with E-state index < -0.39 is 0 Å². The van der Waals surface area contributed by atoms with Crippen molar-refractivity contribution in [2.75, 3.05) is 5.73 Å². The molecular formula is C17H22N2O. The second-order valence-corrected chi connectivity index (χ2v) is 6.08. The molecule has 3 nitrogen and oxygen atoms in total. The number of aryl methyl sites for hydroxylation is 1. The first kappa shape index (κ1) is 13.2. The molecule has 1 aromatic heterocycles. The van der Waals surface area contributed by atoms with Crippen molar-refractivity contribution in [2.24, 2.45) is 5.92 Å². The van der Waals surface area contributed by atoms with Gasteiger partial charge in [-0.1, -0.05) is 49.2 Å². The molecule has 20 heavy (non-hydrogen) atoms. The second kappa shape index (κ2) is 5.31. The Morgan fingerprint density at radius 1 is 1.15 bits per heavy atom. The van der Waals surface area contributed by atoms with Crippen LogP contribution in [0.25, 0.3) is 11.1 Å². The first-order chi connectivity index (χ1) is 9.66. The predicted molar refractivity (Wildman–Crippen MR) is 81.5 cm³/mol. The molecular weight excluding hydrogens is 248 g/mol. The SMILES string of the molecule is Cc1ccccc1-c1c(N)noc1C1CCC(C)CC1. The summed E-state index contributed by atoms with van der Waals surface area (Å²) in [5.74, 6) is 2.80. The topological polar surface area (TPSA) is 52.0 Å². The third-order valence-corrected chi connectivity index (χ3v) is 4.55. The highest BCUT2D eigenvalue weighted by atomic mass is 16.5. The van der Waals surface area contributed by atoms with Crippen LogP contribution >= 0.6 is 0 Å². The van der Waals surface area contributed by atoms with E-state index in [1.54, 1.807) is 0 Å². The highest BCUT2D eigenvalue weighted by Crippen LogP contribution is 2.42. The molecule has 0 amide bonds. The van der Waals surface area contributed by atoms with Gasteiger partial charge in [0.25, 0.3) is 0 Å². The van der Waals surface area contributed by atoms with E-state index in [4.69, 9.17) is 10.3 Å². The molecule has 106 valence electrons. The van der Waals surface area contributed by atoms with Gasteiger partial charge in [0.15, 0.2) is 5.82 Å². The van der Waals surface area contributed by atoms with Crippen molar-refractivity contribution in [3.8, 4) is 11.1 Å². The van der Waals surface area contributed by atoms with Gasteiger partial charge in [-0.15, -0.1) is 0 Å². The summed E-state index contributed by atoms with van der Waals surface area (Å²) in [5, 5.41) is 4.03. The first-order valence-electron chi connectivity index (χ1n) is 7.48. The zero-order valence-electron chi connectivity index (χ0n) is 12.2. The van der Waals surface area contributed by atoms with Gasteiger partial charge < -0.3 is 10.3 Å². The average Bonchev–Trinajstić information content (AvgIpc) is 2.82. The Morgan fingerprint density at radius 2 is 1.85 bits per heavy atom. The van der Waals surface area contributed by atoms with Crippen molar-refractivity contribution in [2.45, 2.75) is 45.4 Å². The summed E-state index contributed by atoms with van der Waals surface area (Å²) in [4.78, 5) is 0. The summed E-state index contributed by atoms with van der Waals surface area (Å²) in [6.07, 6.45) is 4.88. The molecule has 0 aliphatic heterocycles. The first-order valence-corrected chi connectivity index (χ1v) is 7.48.